The molecule has 1 aromatic carbocycles. The van der Waals surface area contributed by atoms with Crippen LogP contribution >= 0.6 is 0 Å². The van der Waals surface area contributed by atoms with E-state index in [0.29, 0.717) is 28.7 Å². The molecule has 2 aliphatic heterocycles. The molecule has 0 bridgehead atoms. The molecule has 146 valence electrons. The molecule has 2 saturated heterocycles. The van der Waals surface area contributed by atoms with Gasteiger partial charge in [-0.1, -0.05) is 11.2 Å². The van der Waals surface area contributed by atoms with Gasteiger partial charge in [-0.15, -0.1) is 0 Å². The van der Waals surface area contributed by atoms with Crippen LogP contribution in [0.5, 0.6) is 5.75 Å². The average Bonchev–Trinajstić information content (AvgIpc) is 3.11. The first-order valence-corrected chi connectivity index (χ1v) is 9.69. The monoisotopic (exact) mass is 380 g/mol. The summed E-state index contributed by atoms with van der Waals surface area (Å²) < 4.78 is 4.92. The van der Waals surface area contributed by atoms with Gasteiger partial charge in [-0.25, -0.2) is 0 Å². The molecule has 2 aromatic rings. The Morgan fingerprint density at radius 3 is 2.89 bits per heavy atom. The van der Waals surface area contributed by atoms with Crippen molar-refractivity contribution in [1.82, 2.24) is 15.0 Å². The van der Waals surface area contributed by atoms with E-state index in [0.717, 1.165) is 51.1 Å². The number of piperidine rings is 1. The molecule has 4 rings (SSSR count). The molecule has 2 fully saturated rings. The van der Waals surface area contributed by atoms with Gasteiger partial charge in [0.1, 0.15) is 23.6 Å². The Morgan fingerprint density at radius 1 is 1.36 bits per heavy atom. The maximum atomic E-state index is 12.7. The topological polar surface area (TPSA) is 93.6 Å². The maximum Gasteiger partial charge on any atom is 0.259 e. The van der Waals surface area contributed by atoms with Crippen LogP contribution in [0.2, 0.25) is 0 Å². The molecule has 1 atom stereocenters. The predicted molar refractivity (Wildman–Crippen MR) is 101 cm³/mol. The Balaban J connectivity index is 1.31. The van der Waals surface area contributed by atoms with Gasteiger partial charge in [-0.3, -0.25) is 9.69 Å². The van der Waals surface area contributed by atoms with Crippen LogP contribution in [0.15, 0.2) is 29.0 Å². The molecule has 1 N–H and O–H groups in total. The highest BCUT2D eigenvalue weighted by molar-refractivity contribution is 5.94. The number of nitrogens with zero attached hydrogens (tertiary/aromatic N) is 4. The highest BCUT2D eigenvalue weighted by atomic mass is 16.5. The van der Waals surface area contributed by atoms with Gasteiger partial charge in [0.25, 0.3) is 5.91 Å². The fourth-order valence-electron chi connectivity index (χ4n) is 4.31. The number of carbonyl (C=O) groups is 1. The molecule has 0 radical (unpaired) electrons. The van der Waals surface area contributed by atoms with Gasteiger partial charge < -0.3 is 14.5 Å². The molecular formula is C21H24N4O3. The van der Waals surface area contributed by atoms with Gasteiger partial charge in [-0.05, 0) is 49.3 Å². The summed E-state index contributed by atoms with van der Waals surface area (Å²) in [6.07, 6.45) is 3.63. The summed E-state index contributed by atoms with van der Waals surface area (Å²) >= 11 is 0. The van der Waals surface area contributed by atoms with E-state index < -0.39 is 0 Å². The standard InChI is InChI=1S/C21H24N4O3/c1-14-19(13-28-23-14)21(27)25-6-2-3-16(12-25)18-10-24(11-18)9-15-4-5-20(26)17(7-15)8-22/h4-5,7,13,16,18,26H,2-3,6,9-12H2,1H3. The zero-order valence-electron chi connectivity index (χ0n) is 16.0. The van der Waals surface area contributed by atoms with Crippen molar-refractivity contribution in [2.45, 2.75) is 26.3 Å². The highest BCUT2D eigenvalue weighted by Gasteiger charge is 2.37. The van der Waals surface area contributed by atoms with Crippen LogP contribution in [0, 0.1) is 30.1 Å². The Morgan fingerprint density at radius 2 is 2.18 bits per heavy atom. The van der Waals surface area contributed by atoms with Gasteiger partial charge in [0.15, 0.2) is 0 Å². The van der Waals surface area contributed by atoms with E-state index in [2.05, 4.69) is 10.1 Å². The summed E-state index contributed by atoms with van der Waals surface area (Å²) in [7, 11) is 0. The SMILES string of the molecule is Cc1nocc1C(=O)N1CCCC(C2CN(Cc3ccc(O)c(C#N)c3)C2)C1. The molecule has 0 aliphatic carbocycles. The molecule has 2 aliphatic rings. The van der Waals surface area contributed by atoms with Crippen molar-refractivity contribution < 1.29 is 14.4 Å². The minimum atomic E-state index is 0.0211. The quantitative estimate of drug-likeness (QED) is 0.876. The van der Waals surface area contributed by atoms with E-state index in [1.54, 1.807) is 19.1 Å². The normalized spacial score (nSPS) is 20.6. The maximum absolute atomic E-state index is 12.7. The third-order valence-corrected chi connectivity index (χ3v) is 5.97. The lowest BCUT2D eigenvalue weighted by Gasteiger charge is -2.46. The number of hydrogen-bond acceptors (Lipinski definition) is 6. The van der Waals surface area contributed by atoms with Crippen LogP contribution < -0.4 is 0 Å². The lowest BCUT2D eigenvalue weighted by molar-refractivity contribution is 0.0169. The predicted octanol–water partition coefficient (Wildman–Crippen LogP) is 2.54. The Labute approximate surface area is 164 Å². The van der Waals surface area contributed by atoms with E-state index in [9.17, 15) is 9.90 Å². The second-order valence-corrected chi connectivity index (χ2v) is 7.88. The highest BCUT2D eigenvalue weighted by Crippen LogP contribution is 2.32. The summed E-state index contributed by atoms with van der Waals surface area (Å²) in [5, 5.41) is 22.5. The zero-order valence-corrected chi connectivity index (χ0v) is 16.0. The minimum absolute atomic E-state index is 0.0211. The molecule has 0 spiro atoms. The first-order valence-electron chi connectivity index (χ1n) is 9.69. The van der Waals surface area contributed by atoms with Crippen LogP contribution in [0.3, 0.4) is 0 Å². The fourth-order valence-corrected chi connectivity index (χ4v) is 4.31. The number of aromatic hydroxyl groups is 1. The van der Waals surface area contributed by atoms with Crippen LogP contribution in [-0.4, -0.2) is 52.1 Å². The Hall–Kier alpha value is -2.85. The number of benzene rings is 1. The summed E-state index contributed by atoms with van der Waals surface area (Å²) in [4.78, 5) is 17.0. The summed E-state index contributed by atoms with van der Waals surface area (Å²) in [6.45, 7) is 6.16. The number of aryl methyl sites for hydroxylation is 1. The van der Waals surface area contributed by atoms with Crippen LogP contribution in [-0.2, 0) is 6.54 Å². The lowest BCUT2D eigenvalue weighted by atomic mass is 9.80. The van der Waals surface area contributed by atoms with Gasteiger partial charge in [0.05, 0.1) is 11.3 Å². The number of rotatable bonds is 4. The van der Waals surface area contributed by atoms with Crippen molar-refractivity contribution in [2.24, 2.45) is 11.8 Å². The Kier molecular flexibility index (Phi) is 5.05. The molecule has 1 aromatic heterocycles. The van der Waals surface area contributed by atoms with Crippen molar-refractivity contribution in [2.75, 3.05) is 26.2 Å². The summed E-state index contributed by atoms with van der Waals surface area (Å²) in [6, 6.07) is 7.23. The number of hydrogen-bond donors (Lipinski definition) is 1. The first kappa shape index (κ1) is 18.5. The second kappa shape index (κ2) is 7.64. The van der Waals surface area contributed by atoms with E-state index in [1.807, 2.05) is 17.0 Å². The largest absolute Gasteiger partial charge is 0.507 e. The van der Waals surface area contributed by atoms with E-state index in [-0.39, 0.29) is 11.7 Å². The number of likely N-dealkylation sites (tertiary alicyclic amines) is 2. The summed E-state index contributed by atoms with van der Waals surface area (Å²) in [5.41, 5.74) is 2.57. The third kappa shape index (κ3) is 3.60. The number of amides is 1. The van der Waals surface area contributed by atoms with Gasteiger partial charge in [0.2, 0.25) is 0 Å². The number of phenolic OH excluding ortho intramolecular Hbond substituents is 1. The second-order valence-electron chi connectivity index (χ2n) is 7.88. The number of phenols is 1. The number of nitriles is 1. The summed E-state index contributed by atoms with van der Waals surface area (Å²) in [5.74, 6) is 1.16. The van der Waals surface area contributed by atoms with Crippen molar-refractivity contribution >= 4 is 5.91 Å². The molecule has 7 nitrogen and oxygen atoms in total. The first-order chi connectivity index (χ1) is 13.5. The minimum Gasteiger partial charge on any atom is -0.507 e. The van der Waals surface area contributed by atoms with Gasteiger partial charge >= 0.3 is 0 Å². The molecule has 0 saturated carbocycles. The fraction of sp³-hybridized carbons (Fsp3) is 0.476. The van der Waals surface area contributed by atoms with Gasteiger partial charge in [0, 0.05) is 32.7 Å². The van der Waals surface area contributed by atoms with Gasteiger partial charge in [-0.2, -0.15) is 5.26 Å². The average molecular weight is 380 g/mol. The molecule has 7 heteroatoms. The van der Waals surface area contributed by atoms with E-state index in [4.69, 9.17) is 9.78 Å². The zero-order chi connectivity index (χ0) is 19.7. The van der Waals surface area contributed by atoms with Crippen LogP contribution in [0.4, 0.5) is 0 Å². The van der Waals surface area contributed by atoms with Crippen molar-refractivity contribution in [3.8, 4) is 11.8 Å². The van der Waals surface area contributed by atoms with Crippen molar-refractivity contribution in [1.29, 1.82) is 5.26 Å². The van der Waals surface area contributed by atoms with Crippen LogP contribution in [0.1, 0.15) is 40.0 Å². The van der Waals surface area contributed by atoms with E-state index >= 15 is 0 Å². The number of carbonyl (C=O) groups excluding carboxylic acids is 1. The molecule has 1 unspecified atom stereocenters. The van der Waals surface area contributed by atoms with Crippen molar-refractivity contribution in [3.63, 3.8) is 0 Å². The van der Waals surface area contributed by atoms with E-state index in [1.165, 1.54) is 6.26 Å². The van der Waals surface area contributed by atoms with Crippen molar-refractivity contribution in [3.05, 3.63) is 46.8 Å². The van der Waals surface area contributed by atoms with Crippen LogP contribution in [0.25, 0.3) is 0 Å². The lowest BCUT2D eigenvalue weighted by Crippen LogP contribution is -2.53. The molecule has 28 heavy (non-hydrogen) atoms. The number of aromatic nitrogens is 1. The molecule has 3 heterocycles. The molecular weight excluding hydrogens is 356 g/mol. The smallest absolute Gasteiger partial charge is 0.259 e. The Bertz CT molecular complexity index is 911. The third-order valence-electron chi connectivity index (χ3n) is 5.97. The molecule has 1 amide bonds.